The molecule has 0 spiro atoms. The zero-order valence-corrected chi connectivity index (χ0v) is 7.22. The molecule has 0 aliphatic heterocycles. The number of hydrogen-bond acceptors (Lipinski definition) is 3. The first-order valence-electron chi connectivity index (χ1n) is 3.47. The minimum absolute atomic E-state index is 0.0294. The average molecular weight is 158 g/mol. The van der Waals surface area contributed by atoms with Crippen LogP contribution in [0.15, 0.2) is 11.6 Å². The van der Waals surface area contributed by atoms with Crippen LogP contribution in [-0.4, -0.2) is 26.3 Å². The van der Waals surface area contributed by atoms with Gasteiger partial charge in [-0.1, -0.05) is 11.6 Å². The highest BCUT2D eigenvalue weighted by molar-refractivity contribution is 5.70. The summed E-state index contributed by atoms with van der Waals surface area (Å²) in [6, 6.07) is 0. The van der Waals surface area contributed by atoms with Crippen molar-refractivity contribution in [3.63, 3.8) is 0 Å². The van der Waals surface area contributed by atoms with Crippen LogP contribution >= 0.6 is 0 Å². The van der Waals surface area contributed by atoms with E-state index in [9.17, 15) is 4.79 Å². The summed E-state index contributed by atoms with van der Waals surface area (Å²) in [4.78, 5) is 10.5. The third-order valence-electron chi connectivity index (χ3n) is 1.27. The normalized spacial score (nSPS) is 11.4. The first-order chi connectivity index (χ1) is 5.20. The van der Waals surface area contributed by atoms with Gasteiger partial charge in [-0.2, -0.15) is 0 Å². The lowest BCUT2D eigenvalue weighted by Gasteiger charge is -2.01. The van der Waals surface area contributed by atoms with Gasteiger partial charge in [-0.25, -0.2) is 4.79 Å². The maximum atomic E-state index is 10.5. The van der Waals surface area contributed by atoms with E-state index in [1.165, 1.54) is 7.11 Å². The Balaban J connectivity index is 3.35. The van der Waals surface area contributed by atoms with E-state index < -0.39 is 0 Å². The fourth-order valence-electron chi connectivity index (χ4n) is 0.438. The molecule has 3 heteroatoms. The van der Waals surface area contributed by atoms with Crippen LogP contribution < -0.4 is 0 Å². The van der Waals surface area contributed by atoms with Gasteiger partial charge < -0.3 is 9.47 Å². The van der Waals surface area contributed by atoms with Crippen LogP contribution in [-0.2, 0) is 14.3 Å². The molecule has 0 atom stereocenters. The van der Waals surface area contributed by atoms with E-state index in [-0.39, 0.29) is 12.6 Å². The van der Waals surface area contributed by atoms with Gasteiger partial charge in [-0.3, -0.25) is 0 Å². The Hall–Kier alpha value is -0.830. The summed E-state index contributed by atoms with van der Waals surface area (Å²) in [5.41, 5.74) is 1.11. The highest BCUT2D eigenvalue weighted by Gasteiger charge is 1.98. The van der Waals surface area contributed by atoms with Crippen molar-refractivity contribution >= 4 is 5.97 Å². The van der Waals surface area contributed by atoms with E-state index in [1.54, 1.807) is 0 Å². The maximum absolute atomic E-state index is 10.5. The molecule has 0 amide bonds. The van der Waals surface area contributed by atoms with E-state index in [0.29, 0.717) is 6.61 Å². The van der Waals surface area contributed by atoms with Gasteiger partial charge in [-0.05, 0) is 13.8 Å². The molecule has 0 aromatic heterocycles. The largest absolute Gasteiger partial charge is 0.467 e. The van der Waals surface area contributed by atoms with Gasteiger partial charge in [0, 0.05) is 0 Å². The smallest absolute Gasteiger partial charge is 0.331 e. The summed E-state index contributed by atoms with van der Waals surface area (Å²) < 4.78 is 9.38. The fraction of sp³-hybridized carbons (Fsp3) is 0.625. The van der Waals surface area contributed by atoms with Gasteiger partial charge >= 0.3 is 5.97 Å². The molecular formula is C8H14O3. The zero-order chi connectivity index (χ0) is 8.69. The Bertz CT molecular complexity index is 149. The van der Waals surface area contributed by atoms with Gasteiger partial charge in [0.15, 0.2) is 0 Å². The minimum atomic E-state index is -0.339. The summed E-state index contributed by atoms with van der Waals surface area (Å²) in [5, 5.41) is 0. The molecule has 64 valence electrons. The second kappa shape index (κ2) is 5.92. The third kappa shape index (κ3) is 5.61. The standard InChI is InChI=1S/C8H14O3/c1-4-7(2)5-11-6-8(9)10-3/h4H,5-6H2,1-3H3/b7-4+. The van der Waals surface area contributed by atoms with Gasteiger partial charge in [0.2, 0.25) is 0 Å². The van der Waals surface area contributed by atoms with Crippen molar-refractivity contribution in [3.05, 3.63) is 11.6 Å². The number of carbonyl (C=O) groups excluding carboxylic acids is 1. The molecule has 0 unspecified atom stereocenters. The molecule has 0 N–H and O–H groups in total. The van der Waals surface area contributed by atoms with Crippen LogP contribution in [0.4, 0.5) is 0 Å². The lowest BCUT2D eigenvalue weighted by Crippen LogP contribution is -2.11. The monoisotopic (exact) mass is 158 g/mol. The summed E-state index contributed by atoms with van der Waals surface area (Å²) in [5.74, 6) is -0.339. The van der Waals surface area contributed by atoms with Gasteiger partial charge in [-0.15, -0.1) is 0 Å². The molecule has 0 aliphatic rings. The van der Waals surface area contributed by atoms with Crippen LogP contribution in [0.2, 0.25) is 0 Å². The number of methoxy groups -OCH3 is 1. The highest BCUT2D eigenvalue weighted by atomic mass is 16.6. The van der Waals surface area contributed by atoms with E-state index in [0.717, 1.165) is 5.57 Å². The molecular weight excluding hydrogens is 144 g/mol. The van der Waals surface area contributed by atoms with Crippen molar-refractivity contribution in [1.82, 2.24) is 0 Å². The number of ether oxygens (including phenoxy) is 2. The molecule has 0 rings (SSSR count). The van der Waals surface area contributed by atoms with Crippen LogP contribution in [0.3, 0.4) is 0 Å². The van der Waals surface area contributed by atoms with Gasteiger partial charge in [0.05, 0.1) is 13.7 Å². The molecule has 0 radical (unpaired) electrons. The van der Waals surface area contributed by atoms with Crippen molar-refractivity contribution in [3.8, 4) is 0 Å². The summed E-state index contributed by atoms with van der Waals surface area (Å²) in [6.45, 7) is 4.39. The third-order valence-corrected chi connectivity index (χ3v) is 1.27. The average Bonchev–Trinajstić information content (AvgIpc) is 2.04. The molecule has 0 saturated heterocycles. The molecule has 0 heterocycles. The number of carbonyl (C=O) groups is 1. The molecule has 3 nitrogen and oxygen atoms in total. The lowest BCUT2D eigenvalue weighted by atomic mass is 10.3. The van der Waals surface area contributed by atoms with Crippen LogP contribution in [0.25, 0.3) is 0 Å². The zero-order valence-electron chi connectivity index (χ0n) is 7.22. The first kappa shape index (κ1) is 10.2. The Morgan fingerprint density at radius 3 is 2.55 bits per heavy atom. The molecule has 11 heavy (non-hydrogen) atoms. The number of esters is 1. The molecule has 0 bridgehead atoms. The number of hydrogen-bond donors (Lipinski definition) is 0. The first-order valence-corrected chi connectivity index (χ1v) is 3.47. The van der Waals surface area contributed by atoms with Crippen molar-refractivity contribution < 1.29 is 14.3 Å². The predicted octanol–water partition coefficient (Wildman–Crippen LogP) is 1.14. The van der Waals surface area contributed by atoms with Crippen LogP contribution in [0, 0.1) is 0 Å². The molecule has 0 fully saturated rings. The Kier molecular flexibility index (Phi) is 5.47. The van der Waals surface area contributed by atoms with E-state index in [1.807, 2.05) is 19.9 Å². The van der Waals surface area contributed by atoms with Crippen molar-refractivity contribution in [2.75, 3.05) is 20.3 Å². The summed E-state index contributed by atoms with van der Waals surface area (Å²) in [7, 11) is 1.34. The predicted molar refractivity (Wildman–Crippen MR) is 42.3 cm³/mol. The van der Waals surface area contributed by atoms with Crippen LogP contribution in [0.5, 0.6) is 0 Å². The highest BCUT2D eigenvalue weighted by Crippen LogP contribution is 1.92. The molecule has 0 saturated carbocycles. The Labute approximate surface area is 67.0 Å². The Morgan fingerprint density at radius 2 is 2.09 bits per heavy atom. The van der Waals surface area contributed by atoms with Gasteiger partial charge in [0.25, 0.3) is 0 Å². The molecule has 0 aromatic carbocycles. The van der Waals surface area contributed by atoms with Crippen molar-refractivity contribution in [2.45, 2.75) is 13.8 Å². The topological polar surface area (TPSA) is 35.5 Å². The molecule has 0 aromatic rings. The summed E-state index contributed by atoms with van der Waals surface area (Å²) >= 11 is 0. The SMILES string of the molecule is C/C=C(\C)COCC(=O)OC. The quantitative estimate of drug-likeness (QED) is 0.454. The van der Waals surface area contributed by atoms with E-state index in [2.05, 4.69) is 4.74 Å². The second-order valence-electron chi connectivity index (χ2n) is 2.20. The number of allylic oxidation sites excluding steroid dienone is 1. The fourth-order valence-corrected chi connectivity index (χ4v) is 0.438. The Morgan fingerprint density at radius 1 is 1.45 bits per heavy atom. The van der Waals surface area contributed by atoms with E-state index in [4.69, 9.17) is 4.74 Å². The van der Waals surface area contributed by atoms with E-state index >= 15 is 0 Å². The van der Waals surface area contributed by atoms with Crippen molar-refractivity contribution in [1.29, 1.82) is 0 Å². The maximum Gasteiger partial charge on any atom is 0.331 e. The number of rotatable bonds is 4. The second-order valence-corrected chi connectivity index (χ2v) is 2.20. The lowest BCUT2D eigenvalue weighted by molar-refractivity contribution is -0.145. The summed E-state index contributed by atoms with van der Waals surface area (Å²) in [6.07, 6.45) is 1.94. The molecule has 0 aliphatic carbocycles. The minimum Gasteiger partial charge on any atom is -0.467 e. The van der Waals surface area contributed by atoms with Gasteiger partial charge in [0.1, 0.15) is 6.61 Å². The van der Waals surface area contributed by atoms with Crippen molar-refractivity contribution in [2.24, 2.45) is 0 Å². The van der Waals surface area contributed by atoms with Crippen LogP contribution in [0.1, 0.15) is 13.8 Å².